The fraction of sp³-hybridized carbons (Fsp3) is 0.538. The molecular weight excluding hydrogens is 246 g/mol. The predicted octanol–water partition coefficient (Wildman–Crippen LogP) is 1.26. The number of likely N-dealkylation sites (N-methyl/N-ethyl adjacent to an activating group) is 1. The van der Waals surface area contributed by atoms with Crippen LogP contribution < -0.4 is 5.32 Å². The predicted molar refractivity (Wildman–Crippen MR) is 74.2 cm³/mol. The normalized spacial score (nSPS) is 10.9. The minimum atomic E-state index is -0.373. The van der Waals surface area contributed by atoms with Gasteiger partial charge in [0.2, 0.25) is 0 Å². The number of hydrogen-bond donors (Lipinski definition) is 1. The van der Waals surface area contributed by atoms with E-state index < -0.39 is 0 Å². The van der Waals surface area contributed by atoms with E-state index in [1.165, 1.54) is 6.07 Å². The van der Waals surface area contributed by atoms with Crippen molar-refractivity contribution in [1.29, 1.82) is 0 Å². The largest absolute Gasteiger partial charge is 0.383 e. The molecule has 0 aromatic heterocycles. The van der Waals surface area contributed by atoms with Gasteiger partial charge in [0.25, 0.3) is 5.69 Å². The number of hydrogen-bond acceptors (Lipinski definition) is 5. The van der Waals surface area contributed by atoms with E-state index in [1.807, 2.05) is 13.1 Å². The second kappa shape index (κ2) is 8.58. The second-order valence-electron chi connectivity index (χ2n) is 4.40. The molecule has 1 N–H and O–H groups in total. The molecule has 0 bridgehead atoms. The van der Waals surface area contributed by atoms with E-state index in [1.54, 1.807) is 19.2 Å². The van der Waals surface area contributed by atoms with E-state index in [-0.39, 0.29) is 10.6 Å². The molecule has 19 heavy (non-hydrogen) atoms. The Bertz CT molecular complexity index is 398. The quantitative estimate of drug-likeness (QED) is 0.414. The van der Waals surface area contributed by atoms with E-state index in [2.05, 4.69) is 10.2 Å². The van der Waals surface area contributed by atoms with Crippen molar-refractivity contribution in [2.75, 3.05) is 40.4 Å². The van der Waals surface area contributed by atoms with Crippen LogP contribution in [0.15, 0.2) is 24.3 Å². The number of nitrogens with one attached hydrogen (secondary N) is 1. The standard InChI is InChI=1S/C13H21N3O3/c1-15(8-9-19-2)7-6-14-11-12-4-3-5-13(10-12)16(17)18/h3-5,10,14H,6-9,11H2,1-2H3. The number of ether oxygens (including phenoxy) is 1. The summed E-state index contributed by atoms with van der Waals surface area (Å²) >= 11 is 0. The molecule has 0 saturated heterocycles. The molecule has 0 fully saturated rings. The molecular formula is C13H21N3O3. The van der Waals surface area contributed by atoms with Crippen molar-refractivity contribution in [1.82, 2.24) is 10.2 Å². The molecule has 0 amide bonds. The van der Waals surface area contributed by atoms with Gasteiger partial charge in [-0.2, -0.15) is 0 Å². The van der Waals surface area contributed by atoms with E-state index in [4.69, 9.17) is 4.74 Å². The zero-order valence-electron chi connectivity index (χ0n) is 11.5. The third kappa shape index (κ3) is 6.28. The van der Waals surface area contributed by atoms with Crippen LogP contribution in [0.1, 0.15) is 5.56 Å². The molecule has 1 aromatic carbocycles. The van der Waals surface area contributed by atoms with Crippen LogP contribution >= 0.6 is 0 Å². The Morgan fingerprint density at radius 3 is 2.89 bits per heavy atom. The lowest BCUT2D eigenvalue weighted by molar-refractivity contribution is -0.384. The Balaban J connectivity index is 2.25. The third-order valence-electron chi connectivity index (χ3n) is 2.80. The maximum Gasteiger partial charge on any atom is 0.269 e. The van der Waals surface area contributed by atoms with Gasteiger partial charge in [-0.05, 0) is 12.6 Å². The Kier molecular flexibility index (Phi) is 7.02. The lowest BCUT2D eigenvalue weighted by Crippen LogP contribution is -2.31. The fourth-order valence-corrected chi connectivity index (χ4v) is 1.64. The summed E-state index contributed by atoms with van der Waals surface area (Å²) in [7, 11) is 3.72. The Morgan fingerprint density at radius 2 is 2.21 bits per heavy atom. The van der Waals surface area contributed by atoms with Crippen molar-refractivity contribution in [3.63, 3.8) is 0 Å². The lowest BCUT2D eigenvalue weighted by atomic mass is 10.2. The van der Waals surface area contributed by atoms with Crippen molar-refractivity contribution < 1.29 is 9.66 Å². The molecule has 0 aliphatic carbocycles. The number of nitro groups is 1. The van der Waals surface area contributed by atoms with Crippen molar-refractivity contribution in [3.05, 3.63) is 39.9 Å². The molecule has 0 heterocycles. The molecule has 1 aromatic rings. The van der Waals surface area contributed by atoms with Crippen LogP contribution in [-0.2, 0) is 11.3 Å². The van der Waals surface area contributed by atoms with Gasteiger partial charge in [0.15, 0.2) is 0 Å². The van der Waals surface area contributed by atoms with E-state index >= 15 is 0 Å². The van der Waals surface area contributed by atoms with Crippen LogP contribution in [0.4, 0.5) is 5.69 Å². The minimum Gasteiger partial charge on any atom is -0.383 e. The maximum atomic E-state index is 10.6. The minimum absolute atomic E-state index is 0.136. The SMILES string of the molecule is COCCN(C)CCNCc1cccc([N+](=O)[O-])c1. The zero-order chi connectivity index (χ0) is 14.1. The van der Waals surface area contributed by atoms with Crippen LogP contribution in [0.3, 0.4) is 0 Å². The number of non-ortho nitro benzene ring substituents is 1. The van der Waals surface area contributed by atoms with Crippen molar-refractivity contribution in [2.24, 2.45) is 0 Å². The molecule has 0 radical (unpaired) electrons. The highest BCUT2D eigenvalue weighted by molar-refractivity contribution is 5.34. The first-order valence-electron chi connectivity index (χ1n) is 6.25. The van der Waals surface area contributed by atoms with Gasteiger partial charge in [-0.25, -0.2) is 0 Å². The van der Waals surface area contributed by atoms with Crippen molar-refractivity contribution in [3.8, 4) is 0 Å². The van der Waals surface area contributed by atoms with Gasteiger partial charge in [-0.1, -0.05) is 12.1 Å². The fourth-order valence-electron chi connectivity index (χ4n) is 1.64. The van der Waals surface area contributed by atoms with Gasteiger partial charge in [-0.3, -0.25) is 10.1 Å². The Morgan fingerprint density at radius 1 is 1.42 bits per heavy atom. The van der Waals surface area contributed by atoms with Crippen LogP contribution in [0.25, 0.3) is 0 Å². The van der Waals surface area contributed by atoms with Gasteiger partial charge < -0.3 is 15.0 Å². The van der Waals surface area contributed by atoms with Crippen LogP contribution in [0.2, 0.25) is 0 Å². The molecule has 106 valence electrons. The van der Waals surface area contributed by atoms with E-state index in [0.29, 0.717) is 6.54 Å². The first-order valence-corrected chi connectivity index (χ1v) is 6.25. The number of nitrogens with zero attached hydrogens (tertiary/aromatic N) is 2. The summed E-state index contributed by atoms with van der Waals surface area (Å²) < 4.78 is 5.00. The lowest BCUT2D eigenvalue weighted by Gasteiger charge is -2.16. The highest BCUT2D eigenvalue weighted by atomic mass is 16.6. The molecule has 6 nitrogen and oxygen atoms in total. The molecule has 0 aliphatic rings. The molecule has 0 spiro atoms. The second-order valence-corrected chi connectivity index (χ2v) is 4.40. The van der Waals surface area contributed by atoms with Crippen LogP contribution in [0, 0.1) is 10.1 Å². The van der Waals surface area contributed by atoms with E-state index in [9.17, 15) is 10.1 Å². The number of rotatable bonds is 9. The number of methoxy groups -OCH3 is 1. The average Bonchev–Trinajstić information content (AvgIpc) is 2.41. The van der Waals surface area contributed by atoms with Gasteiger partial charge in [0.05, 0.1) is 11.5 Å². The molecule has 0 saturated carbocycles. The maximum absolute atomic E-state index is 10.6. The third-order valence-corrected chi connectivity index (χ3v) is 2.80. The summed E-state index contributed by atoms with van der Waals surface area (Å²) in [5.41, 5.74) is 1.06. The summed E-state index contributed by atoms with van der Waals surface area (Å²) in [5.74, 6) is 0. The monoisotopic (exact) mass is 267 g/mol. The number of nitro benzene ring substituents is 1. The highest BCUT2D eigenvalue weighted by Crippen LogP contribution is 2.12. The van der Waals surface area contributed by atoms with Gasteiger partial charge >= 0.3 is 0 Å². The number of benzene rings is 1. The first-order chi connectivity index (χ1) is 9.13. The van der Waals surface area contributed by atoms with Crippen molar-refractivity contribution in [2.45, 2.75) is 6.54 Å². The van der Waals surface area contributed by atoms with Crippen LogP contribution in [-0.4, -0.2) is 50.2 Å². The molecule has 0 aliphatic heterocycles. The van der Waals surface area contributed by atoms with Gasteiger partial charge in [-0.15, -0.1) is 0 Å². The van der Waals surface area contributed by atoms with E-state index in [0.717, 1.165) is 31.8 Å². The highest BCUT2D eigenvalue weighted by Gasteiger charge is 2.05. The summed E-state index contributed by atoms with van der Waals surface area (Å²) in [4.78, 5) is 12.4. The first kappa shape index (κ1) is 15.6. The smallest absolute Gasteiger partial charge is 0.269 e. The average molecular weight is 267 g/mol. The summed E-state index contributed by atoms with van der Waals surface area (Å²) in [6.45, 7) is 4.01. The molecule has 0 unspecified atom stereocenters. The molecule has 6 heteroatoms. The topological polar surface area (TPSA) is 67.6 Å². The van der Waals surface area contributed by atoms with Gasteiger partial charge in [0.1, 0.15) is 0 Å². The summed E-state index contributed by atoms with van der Waals surface area (Å²) in [6, 6.07) is 6.69. The summed E-state index contributed by atoms with van der Waals surface area (Å²) in [5, 5.41) is 13.9. The Hall–Kier alpha value is -1.50. The van der Waals surface area contributed by atoms with Crippen molar-refractivity contribution >= 4 is 5.69 Å². The Labute approximate surface area is 113 Å². The molecule has 1 rings (SSSR count). The zero-order valence-corrected chi connectivity index (χ0v) is 11.5. The van der Waals surface area contributed by atoms with Crippen LogP contribution in [0.5, 0.6) is 0 Å². The van der Waals surface area contributed by atoms with Gasteiger partial charge in [0, 0.05) is 45.4 Å². The molecule has 0 atom stereocenters. The summed E-state index contributed by atoms with van der Waals surface area (Å²) in [6.07, 6.45) is 0.